The van der Waals surface area contributed by atoms with Crippen molar-refractivity contribution in [3.8, 4) is 0 Å². The van der Waals surface area contributed by atoms with Crippen molar-refractivity contribution in [1.82, 2.24) is 4.90 Å². The monoisotopic (exact) mass is 327 g/mol. The Morgan fingerprint density at radius 2 is 1.70 bits per heavy atom. The van der Waals surface area contributed by atoms with Crippen LogP contribution in [0.25, 0.3) is 0 Å². The van der Waals surface area contributed by atoms with E-state index in [2.05, 4.69) is 29.2 Å². The molecule has 2 aromatic carbocycles. The normalized spacial score (nSPS) is 20.9. The first kappa shape index (κ1) is 16.1. The van der Waals surface area contributed by atoms with Gasteiger partial charge in [-0.25, -0.2) is 0 Å². The van der Waals surface area contributed by atoms with Crippen molar-refractivity contribution in [3.63, 3.8) is 0 Å². The third kappa shape index (κ3) is 4.60. The minimum absolute atomic E-state index is 0.397. The molecule has 3 atom stereocenters. The highest BCUT2D eigenvalue weighted by Crippen LogP contribution is 2.28. The molecule has 1 heterocycles. The number of nitrogens with zero attached hydrogens (tertiary/aromatic N) is 1. The summed E-state index contributed by atoms with van der Waals surface area (Å²) >= 11 is 1.88. The van der Waals surface area contributed by atoms with E-state index in [1.54, 1.807) is 0 Å². The predicted molar refractivity (Wildman–Crippen MR) is 94.7 cm³/mol. The lowest BCUT2D eigenvalue weighted by molar-refractivity contribution is -0.141. The molecule has 2 aromatic rings. The molecule has 0 amide bonds. The van der Waals surface area contributed by atoms with Crippen molar-refractivity contribution in [3.05, 3.63) is 71.8 Å². The average Bonchev–Trinajstić information content (AvgIpc) is 3.33. The summed E-state index contributed by atoms with van der Waals surface area (Å²) in [6.45, 7) is 0.894. The van der Waals surface area contributed by atoms with Gasteiger partial charge in [0.05, 0.1) is 0 Å². The molecule has 1 aliphatic rings. The molecule has 1 fully saturated rings. The number of carbonyl (C=O) groups is 1. The lowest BCUT2D eigenvalue weighted by Crippen LogP contribution is -2.32. The fourth-order valence-corrected chi connectivity index (χ4v) is 3.91. The van der Waals surface area contributed by atoms with E-state index >= 15 is 0 Å². The molecule has 2 unspecified atom stereocenters. The lowest BCUT2D eigenvalue weighted by atomic mass is 10.1. The van der Waals surface area contributed by atoms with Crippen LogP contribution in [0.4, 0.5) is 0 Å². The van der Waals surface area contributed by atoms with Crippen LogP contribution in [0.3, 0.4) is 0 Å². The van der Waals surface area contributed by atoms with Gasteiger partial charge in [0, 0.05) is 24.1 Å². The first-order chi connectivity index (χ1) is 11.2. The fourth-order valence-electron chi connectivity index (χ4n) is 2.80. The summed E-state index contributed by atoms with van der Waals surface area (Å²) in [6.07, 6.45) is 0.579. The summed E-state index contributed by atoms with van der Waals surface area (Å²) in [5.41, 5.74) is 2.41. The predicted octanol–water partition coefficient (Wildman–Crippen LogP) is 3.30. The highest BCUT2D eigenvalue weighted by Gasteiger charge is 2.42. The minimum atomic E-state index is -0.718. The van der Waals surface area contributed by atoms with E-state index in [9.17, 15) is 9.90 Å². The second-order valence-electron chi connectivity index (χ2n) is 5.90. The molecule has 3 nitrogen and oxygen atoms in total. The third-order valence-electron chi connectivity index (χ3n) is 4.14. The maximum absolute atomic E-state index is 11.6. The van der Waals surface area contributed by atoms with Gasteiger partial charge >= 0.3 is 5.97 Å². The van der Waals surface area contributed by atoms with E-state index in [4.69, 9.17) is 0 Å². The number of carboxylic acids is 1. The molecule has 1 saturated heterocycles. The molecule has 1 aliphatic heterocycles. The number of benzene rings is 2. The molecule has 3 rings (SSSR count). The maximum atomic E-state index is 11.6. The Morgan fingerprint density at radius 3 is 2.30 bits per heavy atom. The van der Waals surface area contributed by atoms with Gasteiger partial charge in [-0.1, -0.05) is 60.7 Å². The van der Waals surface area contributed by atoms with E-state index in [1.807, 2.05) is 48.2 Å². The Morgan fingerprint density at radius 1 is 1.09 bits per heavy atom. The number of thioether (sulfide) groups is 1. The van der Waals surface area contributed by atoms with E-state index in [1.165, 1.54) is 5.56 Å². The van der Waals surface area contributed by atoms with Gasteiger partial charge in [0.1, 0.15) is 6.04 Å². The number of carboxylic acid groups (broad SMARTS) is 1. The molecule has 23 heavy (non-hydrogen) atoms. The van der Waals surface area contributed by atoms with Crippen LogP contribution in [0.2, 0.25) is 0 Å². The van der Waals surface area contributed by atoms with Crippen LogP contribution in [0.1, 0.15) is 11.1 Å². The topological polar surface area (TPSA) is 40.3 Å². The van der Waals surface area contributed by atoms with Crippen molar-refractivity contribution in [2.24, 2.45) is 0 Å². The van der Waals surface area contributed by atoms with Gasteiger partial charge in [0.2, 0.25) is 0 Å². The molecule has 0 aromatic heterocycles. The van der Waals surface area contributed by atoms with Crippen LogP contribution in [0, 0.1) is 0 Å². The molecular weight excluding hydrogens is 306 g/mol. The lowest BCUT2D eigenvalue weighted by Gasteiger charge is -2.15. The van der Waals surface area contributed by atoms with Gasteiger partial charge < -0.3 is 5.11 Å². The molecule has 4 heteroatoms. The molecule has 1 N–H and O–H groups in total. The summed E-state index contributed by atoms with van der Waals surface area (Å²) in [4.78, 5) is 13.7. The Balaban J connectivity index is 1.48. The molecule has 0 aliphatic carbocycles. The summed E-state index contributed by atoms with van der Waals surface area (Å²) in [5.74, 6) is 1.26. The quantitative estimate of drug-likeness (QED) is 0.755. The van der Waals surface area contributed by atoms with Crippen LogP contribution in [-0.2, 0) is 17.0 Å². The van der Waals surface area contributed by atoms with Crippen molar-refractivity contribution in [2.75, 3.05) is 12.3 Å². The van der Waals surface area contributed by atoms with Gasteiger partial charge in [-0.2, -0.15) is 11.8 Å². The van der Waals surface area contributed by atoms with E-state index < -0.39 is 12.0 Å². The summed E-state index contributed by atoms with van der Waals surface area (Å²) in [5, 5.41) is 9.52. The van der Waals surface area contributed by atoms with Gasteiger partial charge in [-0.3, -0.25) is 9.69 Å². The average molecular weight is 327 g/mol. The SMILES string of the molecule is O=C(O)C(Cc1ccccc1)N1C[C@H]1CSCc1ccccc1. The highest BCUT2D eigenvalue weighted by molar-refractivity contribution is 7.98. The Labute approximate surface area is 141 Å². The largest absolute Gasteiger partial charge is 0.480 e. The molecular formula is C19H21NO2S. The zero-order valence-electron chi connectivity index (χ0n) is 13.0. The van der Waals surface area contributed by atoms with Gasteiger partial charge in [-0.15, -0.1) is 0 Å². The second kappa shape index (κ2) is 7.66. The number of rotatable bonds is 8. The van der Waals surface area contributed by atoms with Crippen molar-refractivity contribution >= 4 is 17.7 Å². The molecule has 120 valence electrons. The van der Waals surface area contributed by atoms with Crippen LogP contribution in [0.15, 0.2) is 60.7 Å². The van der Waals surface area contributed by atoms with Gasteiger partial charge in [-0.05, 0) is 17.5 Å². The Hall–Kier alpha value is -1.78. The van der Waals surface area contributed by atoms with Crippen LogP contribution in [-0.4, -0.2) is 40.4 Å². The molecule has 0 spiro atoms. The number of hydrogen-bond donors (Lipinski definition) is 1. The Bertz CT molecular complexity index is 632. The van der Waals surface area contributed by atoms with Crippen LogP contribution < -0.4 is 0 Å². The van der Waals surface area contributed by atoms with E-state index in [-0.39, 0.29) is 0 Å². The molecule has 0 radical (unpaired) electrons. The first-order valence-corrected chi connectivity index (χ1v) is 9.03. The van der Waals surface area contributed by atoms with E-state index in [0.29, 0.717) is 12.5 Å². The van der Waals surface area contributed by atoms with Crippen LogP contribution in [0.5, 0.6) is 0 Å². The third-order valence-corrected chi connectivity index (χ3v) is 5.29. The summed E-state index contributed by atoms with van der Waals surface area (Å²) in [6, 6.07) is 20.3. The fraction of sp³-hybridized carbons (Fsp3) is 0.316. The Kier molecular flexibility index (Phi) is 5.36. The molecule has 0 bridgehead atoms. The molecule has 0 saturated carbocycles. The van der Waals surface area contributed by atoms with Crippen LogP contribution >= 0.6 is 11.8 Å². The highest BCUT2D eigenvalue weighted by atomic mass is 32.2. The summed E-state index contributed by atoms with van der Waals surface area (Å²) < 4.78 is 0. The van der Waals surface area contributed by atoms with Gasteiger partial charge in [0.15, 0.2) is 0 Å². The van der Waals surface area contributed by atoms with Crippen molar-refractivity contribution in [2.45, 2.75) is 24.3 Å². The minimum Gasteiger partial charge on any atom is -0.480 e. The summed E-state index contributed by atoms with van der Waals surface area (Å²) in [7, 11) is 0. The number of hydrogen-bond acceptors (Lipinski definition) is 3. The first-order valence-electron chi connectivity index (χ1n) is 7.88. The van der Waals surface area contributed by atoms with Gasteiger partial charge in [0.25, 0.3) is 0 Å². The maximum Gasteiger partial charge on any atom is 0.321 e. The number of aliphatic carboxylic acids is 1. The van der Waals surface area contributed by atoms with Crippen molar-refractivity contribution < 1.29 is 9.90 Å². The zero-order valence-corrected chi connectivity index (χ0v) is 13.8. The van der Waals surface area contributed by atoms with Crippen molar-refractivity contribution in [1.29, 1.82) is 0 Å². The second-order valence-corrected chi connectivity index (χ2v) is 6.93. The standard InChI is InChI=1S/C19H21NO2S/c21-19(22)18(11-15-7-3-1-4-8-15)20-12-17(20)14-23-13-16-9-5-2-6-10-16/h1-10,17-18H,11-14H2,(H,21,22)/t17-,18?,20?/m0/s1. The zero-order chi connectivity index (χ0) is 16.1. The smallest absolute Gasteiger partial charge is 0.321 e. The van der Waals surface area contributed by atoms with E-state index in [0.717, 1.165) is 23.6 Å².